The summed E-state index contributed by atoms with van der Waals surface area (Å²) < 4.78 is 27.4. The number of Topliss-reactive ketones (excluding diaryl/α,β-unsaturated/α-hetero) is 1. The van der Waals surface area contributed by atoms with E-state index in [9.17, 15) is 9.59 Å². The van der Waals surface area contributed by atoms with Crippen LogP contribution in [-0.2, 0) is 14.3 Å². The summed E-state index contributed by atoms with van der Waals surface area (Å²) in [5.74, 6) is 0.496. The van der Waals surface area contributed by atoms with Crippen molar-refractivity contribution in [3.05, 3.63) is 58.8 Å². The Morgan fingerprint density at radius 1 is 0.919 bits per heavy atom. The lowest BCUT2D eigenvalue weighted by molar-refractivity contribution is -0.146. The third kappa shape index (κ3) is 4.92. The molecule has 0 saturated carbocycles. The molecule has 0 saturated heterocycles. The first-order valence-electron chi connectivity index (χ1n) is 12.3. The lowest BCUT2D eigenvalue weighted by Crippen LogP contribution is -2.38. The van der Waals surface area contributed by atoms with Gasteiger partial charge >= 0.3 is 5.97 Å². The van der Waals surface area contributed by atoms with Crippen molar-refractivity contribution in [3.63, 3.8) is 0 Å². The molecule has 2 aromatic carbocycles. The van der Waals surface area contributed by atoms with Crippen LogP contribution in [0.5, 0.6) is 23.0 Å². The Hall–Kier alpha value is -3.81. The van der Waals surface area contributed by atoms with Crippen LogP contribution in [0.3, 0.4) is 0 Å². The van der Waals surface area contributed by atoms with E-state index in [4.69, 9.17) is 28.7 Å². The number of nitrogens with zero attached hydrogens (tertiary/aromatic N) is 1. The van der Waals surface area contributed by atoms with Gasteiger partial charge in [-0.3, -0.25) is 14.6 Å². The molecule has 3 atom stereocenters. The highest BCUT2D eigenvalue weighted by atomic mass is 16.5. The van der Waals surface area contributed by atoms with Crippen molar-refractivity contribution in [2.75, 3.05) is 35.0 Å². The number of carbonyl (C=O) groups excluding carboxylic acids is 2. The van der Waals surface area contributed by atoms with Gasteiger partial charge in [0, 0.05) is 34.9 Å². The van der Waals surface area contributed by atoms with Crippen LogP contribution in [0.25, 0.3) is 0 Å². The summed E-state index contributed by atoms with van der Waals surface area (Å²) in [6.07, 6.45) is 0.827. The average Bonchev–Trinajstić information content (AvgIpc) is 2.91. The van der Waals surface area contributed by atoms with Gasteiger partial charge < -0.3 is 23.7 Å². The van der Waals surface area contributed by atoms with Gasteiger partial charge in [0.15, 0.2) is 17.3 Å². The largest absolute Gasteiger partial charge is 0.497 e. The third-order valence-electron chi connectivity index (χ3n) is 7.08. The molecule has 2 aliphatic rings. The van der Waals surface area contributed by atoms with E-state index in [1.165, 1.54) is 0 Å². The molecule has 0 aromatic heterocycles. The van der Waals surface area contributed by atoms with Gasteiger partial charge in [-0.1, -0.05) is 6.07 Å². The van der Waals surface area contributed by atoms with E-state index in [2.05, 4.69) is 0 Å². The zero-order valence-electron chi connectivity index (χ0n) is 22.1. The number of aliphatic imine (C=N–C) groups is 1. The maximum atomic E-state index is 13.9. The molecule has 0 bridgehead atoms. The van der Waals surface area contributed by atoms with Crippen LogP contribution < -0.4 is 18.9 Å². The third-order valence-corrected chi connectivity index (χ3v) is 7.08. The molecule has 0 fully saturated rings. The molecule has 4 rings (SSSR count). The number of hydrogen-bond acceptors (Lipinski definition) is 8. The number of allylic oxidation sites excluding steroid dienone is 2. The second kappa shape index (κ2) is 11.1. The minimum absolute atomic E-state index is 0.0542. The Morgan fingerprint density at radius 3 is 2.27 bits per heavy atom. The highest BCUT2D eigenvalue weighted by molar-refractivity contribution is 6.09. The fourth-order valence-corrected chi connectivity index (χ4v) is 5.36. The number of benzene rings is 2. The van der Waals surface area contributed by atoms with Crippen LogP contribution >= 0.6 is 0 Å². The van der Waals surface area contributed by atoms with E-state index >= 15 is 0 Å². The summed E-state index contributed by atoms with van der Waals surface area (Å²) in [6.45, 7) is 3.81. The molecule has 1 aliphatic heterocycles. The van der Waals surface area contributed by atoms with Crippen molar-refractivity contribution < 1.29 is 33.3 Å². The molecule has 8 heteroatoms. The molecule has 2 aromatic rings. The number of ether oxygens (including phenoxy) is 5. The van der Waals surface area contributed by atoms with Gasteiger partial charge in [-0.05, 0) is 62.1 Å². The predicted octanol–water partition coefficient (Wildman–Crippen LogP) is 4.86. The fraction of sp³-hybridized carbons (Fsp3) is 0.414. The minimum atomic E-state index is -0.749. The summed E-state index contributed by atoms with van der Waals surface area (Å²) in [5, 5.41) is 0. The fourth-order valence-electron chi connectivity index (χ4n) is 5.36. The normalized spacial score (nSPS) is 21.1. The standard InChI is InChI=1S/C29H33NO7/c1-7-37-29(32)26-16(2)30-21-12-18(17-8-10-24(35-5)25(14-17)36-6)13-22(31)28(21)27(26)20-15-19(33-3)9-11-23(20)34-4/h8-11,14-15,18,26-27H,7,12-13H2,1-6H3/t18-,26?,27+/m1/s1. The molecular weight excluding hydrogens is 474 g/mol. The predicted molar refractivity (Wildman–Crippen MR) is 139 cm³/mol. The molecule has 1 unspecified atom stereocenters. The summed E-state index contributed by atoms with van der Waals surface area (Å²) in [7, 11) is 6.32. The van der Waals surface area contributed by atoms with E-state index in [-0.39, 0.29) is 24.7 Å². The van der Waals surface area contributed by atoms with Gasteiger partial charge in [-0.2, -0.15) is 0 Å². The topological polar surface area (TPSA) is 92.7 Å². The van der Waals surface area contributed by atoms with Gasteiger partial charge in [0.05, 0.1) is 35.0 Å². The smallest absolute Gasteiger partial charge is 0.315 e. The van der Waals surface area contributed by atoms with Crippen LogP contribution in [0.15, 0.2) is 52.7 Å². The molecule has 0 radical (unpaired) electrons. The van der Waals surface area contributed by atoms with Crippen LogP contribution in [0.4, 0.5) is 0 Å². The van der Waals surface area contributed by atoms with Gasteiger partial charge in [-0.15, -0.1) is 0 Å². The Labute approximate surface area is 217 Å². The van der Waals surface area contributed by atoms with Crippen molar-refractivity contribution in [2.24, 2.45) is 10.9 Å². The number of hydrogen-bond donors (Lipinski definition) is 0. The van der Waals surface area contributed by atoms with Gasteiger partial charge in [0.2, 0.25) is 0 Å². The molecule has 1 aliphatic carbocycles. The molecule has 1 heterocycles. The van der Waals surface area contributed by atoms with Crippen LogP contribution in [0.2, 0.25) is 0 Å². The average molecular weight is 508 g/mol. The molecular formula is C29H33NO7. The number of esters is 1. The van der Waals surface area contributed by atoms with Gasteiger partial charge in [0.25, 0.3) is 0 Å². The van der Waals surface area contributed by atoms with E-state index in [1.54, 1.807) is 47.5 Å². The van der Waals surface area contributed by atoms with Crippen LogP contribution in [-0.4, -0.2) is 52.5 Å². The quantitative estimate of drug-likeness (QED) is 0.471. The highest BCUT2D eigenvalue weighted by Gasteiger charge is 2.46. The van der Waals surface area contributed by atoms with Crippen LogP contribution in [0, 0.1) is 5.92 Å². The summed E-state index contributed by atoms with van der Waals surface area (Å²) >= 11 is 0. The Morgan fingerprint density at radius 2 is 1.62 bits per heavy atom. The van der Waals surface area contributed by atoms with Crippen molar-refractivity contribution in [3.8, 4) is 23.0 Å². The van der Waals surface area contributed by atoms with E-state index < -0.39 is 17.8 Å². The summed E-state index contributed by atoms with van der Waals surface area (Å²) in [5.41, 5.74) is 3.48. The van der Waals surface area contributed by atoms with Crippen molar-refractivity contribution >= 4 is 17.5 Å². The van der Waals surface area contributed by atoms with E-state index in [1.807, 2.05) is 31.2 Å². The maximum Gasteiger partial charge on any atom is 0.315 e. The van der Waals surface area contributed by atoms with Crippen LogP contribution in [0.1, 0.15) is 49.7 Å². The summed E-state index contributed by atoms with van der Waals surface area (Å²) in [6, 6.07) is 11.1. The number of methoxy groups -OCH3 is 4. The molecule has 8 nitrogen and oxygen atoms in total. The molecule has 0 N–H and O–H groups in total. The second-order valence-corrected chi connectivity index (χ2v) is 9.07. The zero-order chi connectivity index (χ0) is 26.7. The summed E-state index contributed by atoms with van der Waals surface area (Å²) in [4.78, 5) is 31.9. The first kappa shape index (κ1) is 26.3. The lowest BCUT2D eigenvalue weighted by Gasteiger charge is -2.37. The first-order chi connectivity index (χ1) is 17.9. The van der Waals surface area contributed by atoms with Gasteiger partial charge in [0.1, 0.15) is 17.4 Å². The SMILES string of the molecule is CCOC(=O)C1C(C)=NC2=C(C(=O)C[C@H](c3ccc(OC)c(OC)c3)C2)[C@H]1c1cc(OC)ccc1OC. The molecule has 0 amide bonds. The van der Waals surface area contributed by atoms with Gasteiger partial charge in [-0.25, -0.2) is 0 Å². The number of ketones is 1. The second-order valence-electron chi connectivity index (χ2n) is 9.07. The van der Waals surface area contributed by atoms with Crippen molar-refractivity contribution in [2.45, 2.75) is 38.5 Å². The Kier molecular flexibility index (Phi) is 7.86. The van der Waals surface area contributed by atoms with E-state index in [0.29, 0.717) is 52.0 Å². The number of carbonyl (C=O) groups is 2. The zero-order valence-corrected chi connectivity index (χ0v) is 22.1. The van der Waals surface area contributed by atoms with Crippen molar-refractivity contribution in [1.29, 1.82) is 0 Å². The maximum absolute atomic E-state index is 13.9. The first-order valence-corrected chi connectivity index (χ1v) is 12.3. The Balaban J connectivity index is 1.84. The minimum Gasteiger partial charge on any atom is -0.497 e. The van der Waals surface area contributed by atoms with E-state index in [0.717, 1.165) is 5.56 Å². The van der Waals surface area contributed by atoms with Crippen molar-refractivity contribution in [1.82, 2.24) is 0 Å². The lowest BCUT2D eigenvalue weighted by atomic mass is 9.69. The molecule has 37 heavy (non-hydrogen) atoms. The highest BCUT2D eigenvalue weighted by Crippen LogP contribution is 2.49. The Bertz CT molecular complexity index is 1260. The molecule has 0 spiro atoms. The number of rotatable bonds is 8. The molecule has 196 valence electrons. The monoisotopic (exact) mass is 507 g/mol.